The van der Waals surface area contributed by atoms with Gasteiger partial charge in [0.25, 0.3) is 0 Å². The minimum Gasteiger partial charge on any atom is -0.494 e. The molecule has 0 unspecified atom stereocenters. The number of carbonyl (C=O) groups excluding carboxylic acids is 1. The van der Waals surface area contributed by atoms with Crippen molar-refractivity contribution in [3.05, 3.63) is 50.8 Å². The molecule has 2 aromatic heterocycles. The fourth-order valence-corrected chi connectivity index (χ4v) is 3.63. The van der Waals surface area contributed by atoms with Gasteiger partial charge in [0.15, 0.2) is 0 Å². The number of benzene rings is 1. The first-order valence-corrected chi connectivity index (χ1v) is 7.89. The Hall–Kier alpha value is -1.59. The summed E-state index contributed by atoms with van der Waals surface area (Å²) in [6.45, 7) is 2.55. The van der Waals surface area contributed by atoms with E-state index in [9.17, 15) is 4.79 Å². The second-order valence-corrected chi connectivity index (χ2v) is 6.04. The van der Waals surface area contributed by atoms with Crippen LogP contribution in [0.15, 0.2) is 40.3 Å². The molecule has 0 radical (unpaired) electrons. The van der Waals surface area contributed by atoms with Crippen LogP contribution in [-0.4, -0.2) is 17.4 Å². The summed E-state index contributed by atoms with van der Waals surface area (Å²) in [6, 6.07) is 7.63. The van der Waals surface area contributed by atoms with Gasteiger partial charge in [0.2, 0.25) is 5.78 Å². The maximum atomic E-state index is 12.6. The number of ketones is 1. The predicted molar refractivity (Wildman–Crippen MR) is 84.9 cm³/mol. The molecule has 0 saturated heterocycles. The zero-order valence-corrected chi connectivity index (χ0v) is 13.2. The van der Waals surface area contributed by atoms with Crippen LogP contribution < -0.4 is 4.74 Å². The first-order valence-electron chi connectivity index (χ1n) is 6.22. The number of hydrogen-bond acceptors (Lipinski definition) is 3. The Morgan fingerprint density at radius 1 is 1.40 bits per heavy atom. The third-order valence-electron chi connectivity index (χ3n) is 3.03. The summed E-state index contributed by atoms with van der Waals surface area (Å²) in [5.74, 6) is 0.797. The van der Waals surface area contributed by atoms with E-state index in [1.165, 1.54) is 11.3 Å². The zero-order valence-electron chi connectivity index (χ0n) is 10.8. The minimum absolute atomic E-state index is 0.0202. The summed E-state index contributed by atoms with van der Waals surface area (Å²) in [4.78, 5) is 16.4. The summed E-state index contributed by atoms with van der Waals surface area (Å²) in [5, 5.41) is 2.79. The van der Waals surface area contributed by atoms with Crippen LogP contribution in [0, 0.1) is 0 Å². The first-order chi connectivity index (χ1) is 9.70. The molecule has 0 spiro atoms. The van der Waals surface area contributed by atoms with Crippen LogP contribution in [0.2, 0.25) is 0 Å². The summed E-state index contributed by atoms with van der Waals surface area (Å²) in [5.41, 5.74) is 1.61. The number of fused-ring (bicyclic) bond motifs is 1. The van der Waals surface area contributed by atoms with Crippen LogP contribution in [0.3, 0.4) is 0 Å². The Morgan fingerprint density at radius 2 is 2.25 bits per heavy atom. The van der Waals surface area contributed by atoms with E-state index in [-0.39, 0.29) is 5.78 Å². The fraction of sp³-hybridized carbons (Fsp3) is 0.133. The highest BCUT2D eigenvalue weighted by molar-refractivity contribution is 9.10. The maximum Gasteiger partial charge on any atom is 0.206 e. The van der Waals surface area contributed by atoms with Crippen LogP contribution in [-0.2, 0) is 0 Å². The molecular formula is C15H12BrNO2S. The van der Waals surface area contributed by atoms with Gasteiger partial charge in [0, 0.05) is 27.1 Å². The molecule has 0 aliphatic carbocycles. The van der Waals surface area contributed by atoms with Gasteiger partial charge in [-0.2, -0.15) is 0 Å². The molecule has 0 fully saturated rings. The molecule has 3 aromatic rings. The minimum atomic E-state index is 0.0202. The number of halogens is 1. The Bertz CT molecular complexity index is 775. The van der Waals surface area contributed by atoms with Gasteiger partial charge < -0.3 is 9.72 Å². The maximum absolute atomic E-state index is 12.6. The molecule has 0 atom stereocenters. The van der Waals surface area contributed by atoms with Crippen molar-refractivity contribution in [3.63, 3.8) is 0 Å². The van der Waals surface area contributed by atoms with Crippen molar-refractivity contribution in [1.29, 1.82) is 0 Å². The van der Waals surface area contributed by atoms with Crippen molar-refractivity contribution >= 4 is 44.0 Å². The molecule has 2 heterocycles. The third kappa shape index (κ3) is 2.27. The van der Waals surface area contributed by atoms with Gasteiger partial charge in [-0.3, -0.25) is 4.79 Å². The fourth-order valence-electron chi connectivity index (χ4n) is 2.12. The van der Waals surface area contributed by atoms with Crippen LogP contribution in [0.5, 0.6) is 5.75 Å². The van der Waals surface area contributed by atoms with Gasteiger partial charge in [-0.05, 0) is 52.5 Å². The first kappa shape index (κ1) is 13.4. The summed E-state index contributed by atoms with van der Waals surface area (Å²) in [6.07, 6.45) is 1.76. The van der Waals surface area contributed by atoms with E-state index in [2.05, 4.69) is 20.9 Å². The lowest BCUT2D eigenvalue weighted by atomic mass is 10.1. The monoisotopic (exact) mass is 349 g/mol. The molecule has 1 aromatic carbocycles. The van der Waals surface area contributed by atoms with E-state index in [0.29, 0.717) is 17.0 Å². The van der Waals surface area contributed by atoms with Crippen molar-refractivity contribution in [3.8, 4) is 5.75 Å². The lowest BCUT2D eigenvalue weighted by Crippen LogP contribution is -1.98. The Morgan fingerprint density at radius 3 is 2.95 bits per heavy atom. The molecule has 1 N–H and O–H groups in total. The van der Waals surface area contributed by atoms with Crippen LogP contribution >= 0.6 is 27.3 Å². The molecule has 3 rings (SSSR count). The van der Waals surface area contributed by atoms with Crippen molar-refractivity contribution in [1.82, 2.24) is 4.98 Å². The third-order valence-corrected chi connectivity index (χ3v) is 4.87. The quantitative estimate of drug-likeness (QED) is 0.698. The predicted octanol–water partition coefficient (Wildman–Crippen LogP) is 4.62. The SMILES string of the molecule is CCOc1ccc2[nH]cc(C(=O)c3sccc3Br)c2c1. The normalized spacial score (nSPS) is 10.9. The van der Waals surface area contributed by atoms with E-state index in [1.54, 1.807) is 6.20 Å². The van der Waals surface area contributed by atoms with E-state index >= 15 is 0 Å². The van der Waals surface area contributed by atoms with Crippen LogP contribution in [0.4, 0.5) is 0 Å². The molecular weight excluding hydrogens is 338 g/mol. The van der Waals surface area contributed by atoms with Gasteiger partial charge in [-0.25, -0.2) is 0 Å². The lowest BCUT2D eigenvalue weighted by Gasteiger charge is -2.03. The van der Waals surface area contributed by atoms with Crippen molar-refractivity contribution < 1.29 is 9.53 Å². The highest BCUT2D eigenvalue weighted by Gasteiger charge is 2.18. The van der Waals surface area contributed by atoms with Gasteiger partial charge in [0.1, 0.15) is 5.75 Å². The van der Waals surface area contributed by atoms with Crippen molar-refractivity contribution in [2.75, 3.05) is 6.61 Å². The number of thiophene rings is 1. The van der Waals surface area contributed by atoms with Gasteiger partial charge in [-0.15, -0.1) is 11.3 Å². The van der Waals surface area contributed by atoms with Crippen LogP contribution in [0.1, 0.15) is 22.2 Å². The number of rotatable bonds is 4. The molecule has 0 bridgehead atoms. The van der Waals surface area contributed by atoms with Gasteiger partial charge in [0.05, 0.1) is 11.5 Å². The average molecular weight is 350 g/mol. The Labute approximate surface area is 128 Å². The second kappa shape index (κ2) is 5.42. The smallest absolute Gasteiger partial charge is 0.206 e. The summed E-state index contributed by atoms with van der Waals surface area (Å²) < 4.78 is 6.34. The summed E-state index contributed by atoms with van der Waals surface area (Å²) >= 11 is 4.85. The number of H-pyrrole nitrogens is 1. The van der Waals surface area contributed by atoms with Gasteiger partial charge >= 0.3 is 0 Å². The second-order valence-electron chi connectivity index (χ2n) is 4.27. The number of hydrogen-bond donors (Lipinski definition) is 1. The van der Waals surface area contributed by atoms with Crippen molar-refractivity contribution in [2.24, 2.45) is 0 Å². The Kier molecular flexibility index (Phi) is 3.63. The van der Waals surface area contributed by atoms with Crippen molar-refractivity contribution in [2.45, 2.75) is 6.92 Å². The molecule has 0 amide bonds. The van der Waals surface area contributed by atoms with E-state index < -0.39 is 0 Å². The standard InChI is InChI=1S/C15H12BrNO2S/c1-2-19-9-3-4-13-10(7-9)11(8-17-13)14(18)15-12(16)5-6-20-15/h3-8,17H,2H2,1H3. The number of nitrogens with one attached hydrogen (secondary N) is 1. The zero-order chi connectivity index (χ0) is 14.1. The highest BCUT2D eigenvalue weighted by Crippen LogP contribution is 2.30. The number of ether oxygens (including phenoxy) is 1. The molecule has 0 aliphatic heterocycles. The van der Waals surface area contributed by atoms with E-state index in [0.717, 1.165) is 21.1 Å². The summed E-state index contributed by atoms with van der Waals surface area (Å²) in [7, 11) is 0. The number of aromatic amines is 1. The number of aromatic nitrogens is 1. The number of carbonyl (C=O) groups is 1. The molecule has 20 heavy (non-hydrogen) atoms. The topological polar surface area (TPSA) is 42.1 Å². The molecule has 0 aliphatic rings. The molecule has 5 heteroatoms. The Balaban J connectivity index is 2.09. The highest BCUT2D eigenvalue weighted by atomic mass is 79.9. The molecule has 102 valence electrons. The lowest BCUT2D eigenvalue weighted by molar-refractivity contribution is 0.104. The molecule has 3 nitrogen and oxygen atoms in total. The average Bonchev–Trinajstić information content (AvgIpc) is 3.04. The molecule has 0 saturated carbocycles. The van der Waals surface area contributed by atoms with Gasteiger partial charge in [-0.1, -0.05) is 0 Å². The van der Waals surface area contributed by atoms with Crippen LogP contribution in [0.25, 0.3) is 10.9 Å². The van der Waals surface area contributed by atoms with E-state index in [1.807, 2.05) is 36.6 Å². The largest absolute Gasteiger partial charge is 0.494 e. The van der Waals surface area contributed by atoms with E-state index in [4.69, 9.17) is 4.74 Å².